The number of hydrogen-bond acceptors (Lipinski definition) is 4. The van der Waals surface area contributed by atoms with Gasteiger partial charge < -0.3 is 9.72 Å². The van der Waals surface area contributed by atoms with E-state index in [0.29, 0.717) is 23.3 Å². The fourth-order valence-electron chi connectivity index (χ4n) is 1.90. The first-order valence-electron chi connectivity index (χ1n) is 5.85. The Morgan fingerprint density at radius 1 is 1.37 bits per heavy atom. The van der Waals surface area contributed by atoms with Crippen LogP contribution in [0.25, 0.3) is 10.9 Å². The lowest BCUT2D eigenvalue weighted by atomic mass is 10.1. The van der Waals surface area contributed by atoms with Gasteiger partial charge in [0, 0.05) is 28.9 Å². The lowest BCUT2D eigenvalue weighted by molar-refractivity contribution is 0.102. The van der Waals surface area contributed by atoms with Crippen molar-refractivity contribution in [2.75, 3.05) is 18.6 Å². The molecule has 0 unspecified atom stereocenters. The number of carbonyl (C=O) groups is 1. The van der Waals surface area contributed by atoms with Crippen LogP contribution >= 0.6 is 0 Å². The van der Waals surface area contributed by atoms with Crippen molar-refractivity contribution in [2.45, 2.75) is 6.92 Å². The zero-order chi connectivity index (χ0) is 14.0. The summed E-state index contributed by atoms with van der Waals surface area (Å²) in [5.74, 6) is -0.246. The van der Waals surface area contributed by atoms with Crippen molar-refractivity contribution >= 4 is 26.5 Å². The van der Waals surface area contributed by atoms with Gasteiger partial charge in [0.15, 0.2) is 15.6 Å². The minimum Gasteiger partial charge on any atom is -0.494 e. The van der Waals surface area contributed by atoms with Gasteiger partial charge in [0.25, 0.3) is 0 Å². The second-order valence-electron chi connectivity index (χ2n) is 4.34. The van der Waals surface area contributed by atoms with Crippen LogP contribution in [0.2, 0.25) is 0 Å². The van der Waals surface area contributed by atoms with Crippen molar-refractivity contribution in [3.8, 4) is 5.75 Å². The Bertz CT molecular complexity index is 715. The molecule has 0 saturated carbocycles. The predicted molar refractivity (Wildman–Crippen MR) is 73.5 cm³/mol. The molecule has 102 valence electrons. The summed E-state index contributed by atoms with van der Waals surface area (Å²) in [7, 11) is -3.33. The molecule has 0 aliphatic heterocycles. The molecule has 19 heavy (non-hydrogen) atoms. The summed E-state index contributed by atoms with van der Waals surface area (Å²) in [6.07, 6.45) is 2.58. The second-order valence-corrected chi connectivity index (χ2v) is 6.48. The molecule has 1 heterocycles. The number of aromatic amines is 1. The summed E-state index contributed by atoms with van der Waals surface area (Å²) in [5.41, 5.74) is 1.15. The highest BCUT2D eigenvalue weighted by Crippen LogP contribution is 2.24. The Labute approximate surface area is 111 Å². The number of sulfone groups is 1. The van der Waals surface area contributed by atoms with Gasteiger partial charge in [-0.3, -0.25) is 4.79 Å². The number of fused-ring (bicyclic) bond motifs is 1. The number of benzene rings is 1. The number of ether oxygens (including phenoxy) is 1. The number of H-pyrrole nitrogens is 1. The molecule has 0 fully saturated rings. The molecule has 2 aromatic rings. The highest BCUT2D eigenvalue weighted by Gasteiger charge is 2.17. The standard InChI is InChI=1S/C13H15NO4S/c1-3-18-9-4-5-12-10(6-9)11(7-14-12)13(15)8-19(2,16)17/h4-7,14H,3,8H2,1-2H3. The number of ketones is 1. The van der Waals surface area contributed by atoms with Gasteiger partial charge in [-0.25, -0.2) is 8.42 Å². The van der Waals surface area contributed by atoms with Gasteiger partial charge in [0.1, 0.15) is 11.5 Å². The average Bonchev–Trinajstić information content (AvgIpc) is 2.70. The van der Waals surface area contributed by atoms with Crippen LogP contribution in [0.5, 0.6) is 5.75 Å². The third-order valence-electron chi connectivity index (χ3n) is 2.66. The number of nitrogens with one attached hydrogen (secondary N) is 1. The lowest BCUT2D eigenvalue weighted by Gasteiger charge is -2.03. The molecule has 0 spiro atoms. The molecule has 0 bridgehead atoms. The quantitative estimate of drug-likeness (QED) is 0.848. The molecular formula is C13H15NO4S. The topological polar surface area (TPSA) is 76.2 Å². The fraction of sp³-hybridized carbons (Fsp3) is 0.308. The number of rotatable bonds is 5. The van der Waals surface area contributed by atoms with Gasteiger partial charge in [-0.1, -0.05) is 0 Å². The zero-order valence-corrected chi connectivity index (χ0v) is 11.6. The van der Waals surface area contributed by atoms with Gasteiger partial charge in [0.2, 0.25) is 0 Å². The van der Waals surface area contributed by atoms with Crippen molar-refractivity contribution in [1.82, 2.24) is 4.98 Å². The Kier molecular flexibility index (Phi) is 3.61. The summed E-state index contributed by atoms with van der Waals surface area (Å²) < 4.78 is 27.7. The molecule has 1 aromatic carbocycles. The largest absolute Gasteiger partial charge is 0.494 e. The van der Waals surface area contributed by atoms with E-state index in [0.717, 1.165) is 11.8 Å². The van der Waals surface area contributed by atoms with Crippen molar-refractivity contribution < 1.29 is 17.9 Å². The van der Waals surface area contributed by atoms with Gasteiger partial charge >= 0.3 is 0 Å². The smallest absolute Gasteiger partial charge is 0.179 e. The Hall–Kier alpha value is -1.82. The molecule has 1 N–H and O–H groups in total. The van der Waals surface area contributed by atoms with Gasteiger partial charge in [-0.15, -0.1) is 0 Å². The van der Waals surface area contributed by atoms with Crippen LogP contribution in [-0.2, 0) is 9.84 Å². The fourth-order valence-corrected chi connectivity index (χ4v) is 2.53. The van der Waals surface area contributed by atoms with E-state index in [2.05, 4.69) is 4.98 Å². The highest BCUT2D eigenvalue weighted by atomic mass is 32.2. The van der Waals surface area contributed by atoms with Crippen LogP contribution in [-0.4, -0.2) is 37.8 Å². The first-order chi connectivity index (χ1) is 8.90. The summed E-state index contributed by atoms with van der Waals surface area (Å²) in [6, 6.07) is 5.34. The summed E-state index contributed by atoms with van der Waals surface area (Å²) >= 11 is 0. The van der Waals surface area contributed by atoms with E-state index in [1.165, 1.54) is 6.20 Å². The van der Waals surface area contributed by atoms with Crippen LogP contribution in [0.15, 0.2) is 24.4 Å². The van der Waals surface area contributed by atoms with Gasteiger partial charge in [-0.05, 0) is 25.1 Å². The normalized spacial score (nSPS) is 11.7. The zero-order valence-electron chi connectivity index (χ0n) is 10.8. The summed E-state index contributed by atoms with van der Waals surface area (Å²) in [5, 5.41) is 0.680. The Morgan fingerprint density at radius 2 is 2.11 bits per heavy atom. The third-order valence-corrected chi connectivity index (χ3v) is 3.44. The highest BCUT2D eigenvalue weighted by molar-refractivity contribution is 7.91. The maximum Gasteiger partial charge on any atom is 0.179 e. The van der Waals surface area contributed by atoms with Crippen molar-refractivity contribution in [2.24, 2.45) is 0 Å². The SMILES string of the molecule is CCOc1ccc2[nH]cc(C(=O)CS(C)(=O)=O)c2c1. The van der Waals surface area contributed by atoms with Crippen LogP contribution in [0.4, 0.5) is 0 Å². The second kappa shape index (κ2) is 5.05. The van der Waals surface area contributed by atoms with Crippen LogP contribution in [0.1, 0.15) is 17.3 Å². The van der Waals surface area contributed by atoms with E-state index in [1.807, 2.05) is 6.92 Å². The van der Waals surface area contributed by atoms with Crippen molar-refractivity contribution in [3.05, 3.63) is 30.0 Å². The van der Waals surface area contributed by atoms with Crippen molar-refractivity contribution in [3.63, 3.8) is 0 Å². The molecule has 0 radical (unpaired) electrons. The third kappa shape index (κ3) is 3.14. The first-order valence-corrected chi connectivity index (χ1v) is 7.91. The van der Waals surface area contributed by atoms with E-state index >= 15 is 0 Å². The Balaban J connectivity index is 2.43. The molecule has 0 aliphatic rings. The molecule has 0 saturated heterocycles. The summed E-state index contributed by atoms with van der Waals surface area (Å²) in [4.78, 5) is 14.9. The molecule has 1 aromatic heterocycles. The maximum absolute atomic E-state index is 12.0. The minimum absolute atomic E-state index is 0.377. The van der Waals surface area contributed by atoms with Gasteiger partial charge in [0.05, 0.1) is 6.61 Å². The van der Waals surface area contributed by atoms with E-state index < -0.39 is 21.4 Å². The average molecular weight is 281 g/mol. The summed E-state index contributed by atoms with van der Waals surface area (Å²) in [6.45, 7) is 2.40. The maximum atomic E-state index is 12.0. The molecule has 0 aliphatic carbocycles. The van der Waals surface area contributed by atoms with E-state index in [4.69, 9.17) is 4.74 Å². The molecule has 6 heteroatoms. The molecule has 0 atom stereocenters. The number of hydrogen-bond donors (Lipinski definition) is 1. The first kappa shape index (κ1) is 13.6. The number of carbonyl (C=O) groups excluding carboxylic acids is 1. The van der Waals surface area contributed by atoms with Crippen LogP contribution in [0, 0.1) is 0 Å². The van der Waals surface area contributed by atoms with Crippen LogP contribution in [0.3, 0.4) is 0 Å². The van der Waals surface area contributed by atoms with Crippen LogP contribution < -0.4 is 4.74 Å². The number of Topliss-reactive ketones (excluding diaryl/α,β-unsaturated/α-hetero) is 1. The van der Waals surface area contributed by atoms with E-state index in [1.54, 1.807) is 18.2 Å². The Morgan fingerprint density at radius 3 is 2.74 bits per heavy atom. The molecular weight excluding hydrogens is 266 g/mol. The molecule has 0 amide bonds. The molecule has 2 rings (SSSR count). The minimum atomic E-state index is -3.33. The lowest BCUT2D eigenvalue weighted by Crippen LogP contribution is -2.14. The van der Waals surface area contributed by atoms with E-state index in [-0.39, 0.29) is 0 Å². The van der Waals surface area contributed by atoms with E-state index in [9.17, 15) is 13.2 Å². The molecule has 5 nitrogen and oxygen atoms in total. The predicted octanol–water partition coefficient (Wildman–Crippen LogP) is 1.79. The monoisotopic (exact) mass is 281 g/mol. The van der Waals surface area contributed by atoms with Gasteiger partial charge in [-0.2, -0.15) is 0 Å². The van der Waals surface area contributed by atoms with Crippen molar-refractivity contribution in [1.29, 1.82) is 0 Å². The number of aromatic nitrogens is 1.